The lowest BCUT2D eigenvalue weighted by atomic mass is 10.1. The number of anilines is 1. The second-order valence-electron chi connectivity index (χ2n) is 6.71. The van der Waals surface area contributed by atoms with E-state index in [0.29, 0.717) is 32.5 Å². The Balaban J connectivity index is 1.63. The molecule has 2 atom stereocenters. The highest BCUT2D eigenvalue weighted by atomic mass is 19.4. The molecule has 0 spiro atoms. The van der Waals surface area contributed by atoms with E-state index in [1.165, 1.54) is 23.1 Å². The van der Waals surface area contributed by atoms with Crippen LogP contribution in [0, 0.1) is 0 Å². The van der Waals surface area contributed by atoms with Crippen molar-refractivity contribution in [3.63, 3.8) is 0 Å². The van der Waals surface area contributed by atoms with Crippen LogP contribution >= 0.6 is 0 Å². The number of para-hydroxylation sites is 1. The van der Waals surface area contributed by atoms with Crippen LogP contribution in [0.15, 0.2) is 24.3 Å². The highest BCUT2D eigenvalue weighted by Gasteiger charge is 2.37. The SMILES string of the molecule is O=C(NC[C@@H]1CCCO1)[C@@H]1CCCN1C(=O)Nc1ccccc1C(F)(F)F. The molecule has 2 N–H and O–H groups in total. The summed E-state index contributed by atoms with van der Waals surface area (Å²) in [6, 6.07) is 3.39. The predicted octanol–water partition coefficient (Wildman–Crippen LogP) is 3.00. The zero-order valence-electron chi connectivity index (χ0n) is 14.7. The summed E-state index contributed by atoms with van der Waals surface area (Å²) >= 11 is 0. The van der Waals surface area contributed by atoms with E-state index < -0.39 is 23.8 Å². The number of nitrogens with one attached hydrogen (secondary N) is 2. The van der Waals surface area contributed by atoms with Crippen molar-refractivity contribution < 1.29 is 27.5 Å². The number of halogens is 3. The number of rotatable bonds is 4. The molecule has 9 heteroatoms. The summed E-state index contributed by atoms with van der Waals surface area (Å²) in [6.07, 6.45) is -1.66. The van der Waals surface area contributed by atoms with Crippen LogP contribution in [0.3, 0.4) is 0 Å². The first-order valence-corrected chi connectivity index (χ1v) is 8.99. The Hall–Kier alpha value is -2.29. The van der Waals surface area contributed by atoms with Gasteiger partial charge >= 0.3 is 12.2 Å². The minimum Gasteiger partial charge on any atom is -0.376 e. The molecule has 0 aliphatic carbocycles. The van der Waals surface area contributed by atoms with Gasteiger partial charge in [0.15, 0.2) is 0 Å². The maximum absolute atomic E-state index is 13.1. The third-order valence-electron chi connectivity index (χ3n) is 4.82. The maximum Gasteiger partial charge on any atom is 0.418 e. The number of hydrogen-bond acceptors (Lipinski definition) is 3. The normalized spacial score (nSPS) is 22.7. The van der Waals surface area contributed by atoms with Crippen LogP contribution in [0.25, 0.3) is 0 Å². The van der Waals surface area contributed by atoms with E-state index in [0.717, 1.165) is 18.9 Å². The molecular formula is C18H22F3N3O3. The maximum atomic E-state index is 13.1. The number of ether oxygens (including phenoxy) is 1. The largest absolute Gasteiger partial charge is 0.418 e. The zero-order chi connectivity index (χ0) is 19.4. The molecule has 1 aromatic carbocycles. The van der Waals surface area contributed by atoms with E-state index in [-0.39, 0.29) is 17.7 Å². The second kappa shape index (κ2) is 8.16. The number of urea groups is 1. The fourth-order valence-electron chi connectivity index (χ4n) is 3.45. The number of amides is 3. The van der Waals surface area contributed by atoms with E-state index in [2.05, 4.69) is 10.6 Å². The van der Waals surface area contributed by atoms with Gasteiger partial charge in [0.05, 0.1) is 17.4 Å². The molecule has 2 saturated heterocycles. The van der Waals surface area contributed by atoms with Crippen molar-refractivity contribution in [1.29, 1.82) is 0 Å². The van der Waals surface area contributed by atoms with E-state index in [4.69, 9.17) is 4.74 Å². The summed E-state index contributed by atoms with van der Waals surface area (Å²) < 4.78 is 44.7. The van der Waals surface area contributed by atoms with Crippen LogP contribution in [0.2, 0.25) is 0 Å². The summed E-state index contributed by atoms with van der Waals surface area (Å²) in [4.78, 5) is 26.2. The Labute approximate surface area is 155 Å². The standard InChI is InChI=1S/C18H22F3N3O3/c19-18(20,21)13-6-1-2-7-14(13)23-17(26)24-9-3-8-15(24)16(25)22-11-12-5-4-10-27-12/h1-2,6-7,12,15H,3-5,8-11H2,(H,22,25)(H,23,26)/t12-,15-/m0/s1. The molecular weight excluding hydrogens is 363 g/mol. The molecule has 27 heavy (non-hydrogen) atoms. The van der Waals surface area contributed by atoms with Crippen LogP contribution in [0.5, 0.6) is 0 Å². The topological polar surface area (TPSA) is 70.7 Å². The van der Waals surface area contributed by atoms with Gasteiger partial charge in [0.25, 0.3) is 0 Å². The quantitative estimate of drug-likeness (QED) is 0.837. The van der Waals surface area contributed by atoms with Crippen LogP contribution in [0.1, 0.15) is 31.2 Å². The molecule has 2 fully saturated rings. The smallest absolute Gasteiger partial charge is 0.376 e. The Morgan fingerprint density at radius 1 is 1.19 bits per heavy atom. The zero-order valence-corrected chi connectivity index (χ0v) is 14.7. The minimum absolute atomic E-state index is 0.0173. The van der Waals surface area contributed by atoms with Crippen LogP contribution in [-0.2, 0) is 15.7 Å². The number of likely N-dealkylation sites (tertiary alicyclic amines) is 1. The molecule has 148 valence electrons. The highest BCUT2D eigenvalue weighted by Crippen LogP contribution is 2.35. The minimum atomic E-state index is -4.58. The molecule has 0 saturated carbocycles. The molecule has 2 heterocycles. The van der Waals surface area contributed by atoms with Gasteiger partial charge in [-0.15, -0.1) is 0 Å². The summed E-state index contributed by atoms with van der Waals surface area (Å²) in [5.41, 5.74) is -1.24. The predicted molar refractivity (Wildman–Crippen MR) is 92.2 cm³/mol. The molecule has 2 aliphatic rings. The Kier molecular flexibility index (Phi) is 5.88. The fourth-order valence-corrected chi connectivity index (χ4v) is 3.45. The first kappa shape index (κ1) is 19.5. The first-order valence-electron chi connectivity index (χ1n) is 8.99. The molecule has 3 rings (SSSR count). The Morgan fingerprint density at radius 2 is 1.96 bits per heavy atom. The lowest BCUT2D eigenvalue weighted by Crippen LogP contribution is -2.48. The average Bonchev–Trinajstić information content (AvgIpc) is 3.31. The van der Waals surface area contributed by atoms with Gasteiger partial charge in [-0.25, -0.2) is 4.79 Å². The van der Waals surface area contributed by atoms with Gasteiger partial charge in [0.1, 0.15) is 6.04 Å². The van der Waals surface area contributed by atoms with Crippen molar-refractivity contribution in [2.45, 2.75) is 44.0 Å². The van der Waals surface area contributed by atoms with Gasteiger partial charge < -0.3 is 20.3 Å². The Morgan fingerprint density at radius 3 is 2.67 bits per heavy atom. The molecule has 0 unspecified atom stereocenters. The number of benzene rings is 1. The van der Waals surface area contributed by atoms with Crippen molar-refractivity contribution in [3.05, 3.63) is 29.8 Å². The van der Waals surface area contributed by atoms with Crippen molar-refractivity contribution in [2.75, 3.05) is 25.0 Å². The van der Waals surface area contributed by atoms with Gasteiger partial charge in [-0.1, -0.05) is 12.1 Å². The van der Waals surface area contributed by atoms with Gasteiger partial charge in [-0.3, -0.25) is 4.79 Å². The molecule has 0 aromatic heterocycles. The van der Waals surface area contributed by atoms with E-state index in [1.807, 2.05) is 0 Å². The van der Waals surface area contributed by atoms with E-state index >= 15 is 0 Å². The number of carbonyl (C=O) groups is 2. The lowest BCUT2D eigenvalue weighted by molar-refractivity contribution is -0.137. The molecule has 0 bridgehead atoms. The second-order valence-corrected chi connectivity index (χ2v) is 6.71. The van der Waals surface area contributed by atoms with E-state index in [1.54, 1.807) is 0 Å². The number of alkyl halides is 3. The molecule has 3 amide bonds. The summed E-state index contributed by atoms with van der Waals surface area (Å²) in [6.45, 7) is 1.37. The van der Waals surface area contributed by atoms with Crippen LogP contribution in [0.4, 0.5) is 23.7 Å². The molecule has 0 radical (unpaired) electrons. The Bertz CT molecular complexity index is 690. The van der Waals surface area contributed by atoms with Crippen molar-refractivity contribution >= 4 is 17.6 Å². The summed E-state index contributed by atoms with van der Waals surface area (Å²) in [7, 11) is 0. The monoisotopic (exact) mass is 385 g/mol. The molecule has 6 nitrogen and oxygen atoms in total. The third kappa shape index (κ3) is 4.71. The molecule has 2 aliphatic heterocycles. The summed E-state index contributed by atoms with van der Waals surface area (Å²) in [5, 5.41) is 5.09. The first-order chi connectivity index (χ1) is 12.9. The van der Waals surface area contributed by atoms with E-state index in [9.17, 15) is 22.8 Å². The number of hydrogen-bond donors (Lipinski definition) is 2. The van der Waals surface area contributed by atoms with Crippen LogP contribution < -0.4 is 10.6 Å². The van der Waals surface area contributed by atoms with Gasteiger partial charge in [0.2, 0.25) is 5.91 Å². The van der Waals surface area contributed by atoms with Gasteiger partial charge in [0, 0.05) is 19.7 Å². The average molecular weight is 385 g/mol. The van der Waals surface area contributed by atoms with Crippen molar-refractivity contribution in [2.24, 2.45) is 0 Å². The van der Waals surface area contributed by atoms with Gasteiger partial charge in [-0.05, 0) is 37.8 Å². The highest BCUT2D eigenvalue weighted by molar-refractivity contribution is 5.94. The van der Waals surface area contributed by atoms with Crippen LogP contribution in [-0.4, -0.2) is 48.7 Å². The number of carbonyl (C=O) groups excluding carboxylic acids is 2. The van der Waals surface area contributed by atoms with Crippen molar-refractivity contribution in [1.82, 2.24) is 10.2 Å². The lowest BCUT2D eigenvalue weighted by Gasteiger charge is -2.25. The third-order valence-corrected chi connectivity index (χ3v) is 4.82. The van der Waals surface area contributed by atoms with Crippen molar-refractivity contribution in [3.8, 4) is 0 Å². The fraction of sp³-hybridized carbons (Fsp3) is 0.556. The molecule has 1 aromatic rings. The summed E-state index contributed by atoms with van der Waals surface area (Å²) in [5.74, 6) is -0.303. The number of nitrogens with zero attached hydrogens (tertiary/aromatic N) is 1. The van der Waals surface area contributed by atoms with Gasteiger partial charge in [-0.2, -0.15) is 13.2 Å².